The maximum Gasteiger partial charge on any atom is 0.160 e. The van der Waals surface area contributed by atoms with E-state index in [1.54, 1.807) is 11.3 Å². The second kappa shape index (κ2) is 14.2. The summed E-state index contributed by atoms with van der Waals surface area (Å²) in [6, 6.07) is 78.7. The average Bonchev–Trinajstić information content (AvgIpc) is 4.01. The lowest BCUT2D eigenvalue weighted by molar-refractivity contribution is 1.17. The van der Waals surface area contributed by atoms with Crippen molar-refractivity contribution in [1.29, 1.82) is 0 Å². The van der Waals surface area contributed by atoms with Crippen molar-refractivity contribution in [2.75, 3.05) is 0 Å². The summed E-state index contributed by atoms with van der Waals surface area (Å²) in [7, 11) is 0. The van der Waals surface area contributed by atoms with Crippen molar-refractivity contribution < 1.29 is 0 Å². The highest BCUT2D eigenvalue weighted by molar-refractivity contribution is 7.26. The molecular weight excluding hydrogens is 785 g/mol. The number of hydrogen-bond donors (Lipinski definition) is 0. The van der Waals surface area contributed by atoms with E-state index in [-0.39, 0.29) is 0 Å². The molecule has 0 saturated heterocycles. The summed E-state index contributed by atoms with van der Waals surface area (Å²) in [5.41, 5.74) is 15.3. The number of nitrogens with zero attached hydrogens (tertiary/aromatic N) is 4. The fourth-order valence-electron chi connectivity index (χ4n) is 9.72. The largest absolute Gasteiger partial charge is 0.309 e. The Morgan fingerprint density at radius 3 is 1.46 bits per heavy atom. The second-order valence-electron chi connectivity index (χ2n) is 16.1. The van der Waals surface area contributed by atoms with Gasteiger partial charge in [0.25, 0.3) is 0 Å². The summed E-state index contributed by atoms with van der Waals surface area (Å²) in [6.07, 6.45) is 0. The van der Waals surface area contributed by atoms with Gasteiger partial charge in [0.05, 0.1) is 43.7 Å². The van der Waals surface area contributed by atoms with Gasteiger partial charge in [0.2, 0.25) is 0 Å². The molecule has 13 rings (SSSR count). The van der Waals surface area contributed by atoms with E-state index >= 15 is 0 Å². The monoisotopic (exact) mass is 820 g/mol. The Kier molecular flexibility index (Phi) is 8.05. The fraction of sp³-hybridized carbons (Fsp3) is 0. The van der Waals surface area contributed by atoms with Crippen LogP contribution in [0.15, 0.2) is 218 Å². The molecule has 0 radical (unpaired) electrons. The van der Waals surface area contributed by atoms with E-state index < -0.39 is 0 Å². The predicted octanol–water partition coefficient (Wildman–Crippen LogP) is 15.7. The first kappa shape index (κ1) is 35.6. The Morgan fingerprint density at radius 1 is 0.349 bits per heavy atom. The van der Waals surface area contributed by atoms with Crippen LogP contribution in [0, 0.1) is 0 Å². The molecule has 0 aliphatic carbocycles. The van der Waals surface area contributed by atoms with Crippen LogP contribution in [0.3, 0.4) is 0 Å². The molecule has 294 valence electrons. The molecule has 0 atom stereocenters. The predicted molar refractivity (Wildman–Crippen MR) is 265 cm³/mol. The fourth-order valence-corrected chi connectivity index (χ4v) is 10.9. The molecule has 0 saturated carbocycles. The van der Waals surface area contributed by atoms with E-state index in [0.29, 0.717) is 5.82 Å². The summed E-state index contributed by atoms with van der Waals surface area (Å²) in [5.74, 6) is 0.716. The van der Waals surface area contributed by atoms with Crippen LogP contribution in [-0.4, -0.2) is 19.1 Å². The summed E-state index contributed by atoms with van der Waals surface area (Å²) >= 11 is 1.77. The summed E-state index contributed by atoms with van der Waals surface area (Å²) in [6.45, 7) is 0. The maximum atomic E-state index is 5.48. The Bertz CT molecular complexity index is 3820. The number of hydrogen-bond acceptors (Lipinski definition) is 3. The van der Waals surface area contributed by atoms with E-state index in [4.69, 9.17) is 9.97 Å². The van der Waals surface area contributed by atoms with Crippen molar-refractivity contribution >= 4 is 75.3 Å². The molecule has 13 aromatic rings. The van der Waals surface area contributed by atoms with Crippen LogP contribution >= 0.6 is 11.3 Å². The van der Waals surface area contributed by atoms with E-state index in [2.05, 4.69) is 221 Å². The van der Waals surface area contributed by atoms with Gasteiger partial charge in [-0.05, 0) is 65.7 Å². The lowest BCUT2D eigenvalue weighted by Crippen LogP contribution is -2.03. The molecule has 0 aliphatic heterocycles. The third kappa shape index (κ3) is 5.60. The first-order valence-corrected chi connectivity index (χ1v) is 22.1. The third-order valence-corrected chi connectivity index (χ3v) is 13.7. The van der Waals surface area contributed by atoms with Gasteiger partial charge >= 0.3 is 0 Å². The van der Waals surface area contributed by atoms with E-state index in [0.717, 1.165) is 77.1 Å². The zero-order valence-corrected chi connectivity index (χ0v) is 34.8. The van der Waals surface area contributed by atoms with Crippen molar-refractivity contribution in [3.63, 3.8) is 0 Å². The van der Waals surface area contributed by atoms with Gasteiger partial charge in [-0.2, -0.15) is 0 Å². The van der Waals surface area contributed by atoms with Gasteiger partial charge in [-0.25, -0.2) is 9.97 Å². The summed E-state index contributed by atoms with van der Waals surface area (Å²) in [5, 5.41) is 6.04. The first-order chi connectivity index (χ1) is 31.3. The molecule has 0 spiro atoms. The van der Waals surface area contributed by atoms with Gasteiger partial charge in [0, 0.05) is 59.6 Å². The minimum Gasteiger partial charge on any atom is -0.309 e. The number of thiophene rings is 1. The van der Waals surface area contributed by atoms with Gasteiger partial charge in [-0.1, -0.05) is 164 Å². The van der Waals surface area contributed by atoms with Crippen LogP contribution in [0.2, 0.25) is 0 Å². The van der Waals surface area contributed by atoms with Gasteiger partial charge in [0.1, 0.15) is 0 Å². The minimum atomic E-state index is 0.716. The summed E-state index contributed by atoms with van der Waals surface area (Å²) in [4.78, 5) is 10.8. The van der Waals surface area contributed by atoms with Crippen LogP contribution in [0.25, 0.3) is 120 Å². The van der Waals surface area contributed by atoms with Crippen molar-refractivity contribution in [2.24, 2.45) is 0 Å². The zero-order valence-electron chi connectivity index (χ0n) is 34.0. The van der Waals surface area contributed by atoms with Crippen LogP contribution in [-0.2, 0) is 0 Å². The zero-order chi connectivity index (χ0) is 41.4. The lowest BCUT2D eigenvalue weighted by atomic mass is 9.91. The normalized spacial score (nSPS) is 11.8. The topological polar surface area (TPSA) is 35.6 Å². The number of fused-ring (bicyclic) bond motifs is 9. The van der Waals surface area contributed by atoms with Gasteiger partial charge in [-0.3, -0.25) is 0 Å². The number of rotatable bonds is 6. The Hall–Kier alpha value is -8.12. The van der Waals surface area contributed by atoms with E-state index in [1.807, 2.05) is 6.07 Å². The molecule has 4 aromatic heterocycles. The van der Waals surface area contributed by atoms with Crippen molar-refractivity contribution in [1.82, 2.24) is 19.1 Å². The van der Waals surface area contributed by atoms with Crippen molar-refractivity contribution in [3.05, 3.63) is 218 Å². The van der Waals surface area contributed by atoms with Crippen molar-refractivity contribution in [2.45, 2.75) is 0 Å². The SMILES string of the molecule is c1ccc(-c2nc(-c3cc(-c4ccccc4)c(-n4c5ccccc5c5cc6c7ccccc7n(-c7ccccc7)c6cc54)c(-c4ccccc4)c3)c3sc4ccccc4c3n2)cc1. The second-order valence-corrected chi connectivity index (χ2v) is 17.2. The molecule has 0 amide bonds. The quantitative estimate of drug-likeness (QED) is 0.167. The Morgan fingerprint density at radius 2 is 0.841 bits per heavy atom. The summed E-state index contributed by atoms with van der Waals surface area (Å²) < 4.78 is 7.22. The molecule has 0 bridgehead atoms. The molecule has 0 unspecified atom stereocenters. The number of benzene rings is 9. The number of para-hydroxylation sites is 3. The molecular formula is C58H36N4S. The standard InChI is InChI=1S/C58H36N4S/c1-5-19-37(20-6-1)45-33-40(54-57-55(44-29-15-18-32-53(44)63-57)60-58(59-54)39-23-9-3-10-24-39)34-46(38-21-7-2-8-22-38)56(45)62-50-31-17-14-28-43(50)48-35-47-42-27-13-16-30-49(42)61(51(47)36-52(48)62)41-25-11-4-12-26-41/h1-36H. The van der Waals surface area contributed by atoms with Gasteiger partial charge in [0.15, 0.2) is 5.82 Å². The van der Waals surface area contributed by atoms with E-state index in [1.165, 1.54) is 37.3 Å². The van der Waals surface area contributed by atoms with Gasteiger partial charge < -0.3 is 9.13 Å². The molecule has 4 heterocycles. The smallest absolute Gasteiger partial charge is 0.160 e. The van der Waals surface area contributed by atoms with Crippen molar-refractivity contribution in [3.8, 4) is 56.3 Å². The molecule has 0 fully saturated rings. The molecule has 9 aromatic carbocycles. The highest BCUT2D eigenvalue weighted by atomic mass is 32.1. The highest BCUT2D eigenvalue weighted by Gasteiger charge is 2.25. The average molecular weight is 821 g/mol. The lowest BCUT2D eigenvalue weighted by Gasteiger charge is -2.21. The van der Waals surface area contributed by atoms with Gasteiger partial charge in [-0.15, -0.1) is 11.3 Å². The number of aromatic nitrogens is 4. The third-order valence-electron chi connectivity index (χ3n) is 12.5. The van der Waals surface area contributed by atoms with Crippen LogP contribution in [0.4, 0.5) is 0 Å². The molecule has 0 N–H and O–H groups in total. The van der Waals surface area contributed by atoms with Crippen LogP contribution in [0.5, 0.6) is 0 Å². The molecule has 63 heavy (non-hydrogen) atoms. The Balaban J connectivity index is 1.19. The van der Waals surface area contributed by atoms with Crippen LogP contribution in [0.1, 0.15) is 0 Å². The minimum absolute atomic E-state index is 0.716. The first-order valence-electron chi connectivity index (χ1n) is 21.3. The highest BCUT2D eigenvalue weighted by Crippen LogP contribution is 2.47. The molecule has 4 nitrogen and oxygen atoms in total. The molecule has 5 heteroatoms. The molecule has 0 aliphatic rings. The van der Waals surface area contributed by atoms with E-state index in [9.17, 15) is 0 Å². The maximum absolute atomic E-state index is 5.48. The van der Waals surface area contributed by atoms with Crippen LogP contribution < -0.4 is 0 Å². The Labute approximate surface area is 367 Å².